The van der Waals surface area contributed by atoms with Crippen molar-refractivity contribution >= 4 is 11.8 Å². The summed E-state index contributed by atoms with van der Waals surface area (Å²) in [5.74, 6) is -7.85. The van der Waals surface area contributed by atoms with Gasteiger partial charge < -0.3 is 9.47 Å². The van der Waals surface area contributed by atoms with Gasteiger partial charge in [0.15, 0.2) is 11.5 Å². The molecule has 0 saturated carbocycles. The molecule has 0 unspecified atom stereocenters. The Morgan fingerprint density at radius 1 is 1.21 bits per heavy atom. The van der Waals surface area contributed by atoms with E-state index in [0.29, 0.717) is 0 Å². The Hall–Kier alpha value is -2.12. The zero-order valence-corrected chi connectivity index (χ0v) is 10.1. The zero-order chi connectivity index (χ0) is 14.6. The average molecular weight is 277 g/mol. The van der Waals surface area contributed by atoms with Gasteiger partial charge in [-0.05, 0) is 6.92 Å². The van der Waals surface area contributed by atoms with Crippen molar-refractivity contribution in [2.24, 2.45) is 0 Å². The molecule has 0 aliphatic heterocycles. The molecule has 104 valence electrons. The van der Waals surface area contributed by atoms with E-state index in [9.17, 15) is 22.8 Å². The Morgan fingerprint density at radius 2 is 1.84 bits per heavy atom. The SMILES string of the molecule is CCOC(=O)CC(=O)c1c(F)nc(F)c(F)c1OC. The number of methoxy groups -OCH3 is 1. The van der Waals surface area contributed by atoms with Crippen molar-refractivity contribution in [1.82, 2.24) is 4.98 Å². The van der Waals surface area contributed by atoms with Crippen LogP contribution in [0, 0.1) is 17.7 Å². The van der Waals surface area contributed by atoms with Crippen molar-refractivity contribution < 1.29 is 32.2 Å². The summed E-state index contributed by atoms with van der Waals surface area (Å²) in [7, 11) is 0.929. The van der Waals surface area contributed by atoms with E-state index >= 15 is 0 Å². The van der Waals surface area contributed by atoms with Gasteiger partial charge in [0.2, 0.25) is 11.8 Å². The van der Waals surface area contributed by atoms with Crippen LogP contribution in [0.3, 0.4) is 0 Å². The average Bonchev–Trinajstić information content (AvgIpc) is 2.33. The third-order valence-corrected chi connectivity index (χ3v) is 2.10. The summed E-state index contributed by atoms with van der Waals surface area (Å²) >= 11 is 0. The van der Waals surface area contributed by atoms with E-state index in [0.717, 1.165) is 7.11 Å². The molecule has 0 aliphatic rings. The second-order valence-electron chi connectivity index (χ2n) is 3.32. The molecule has 1 rings (SSSR count). The predicted molar refractivity (Wildman–Crippen MR) is 56.2 cm³/mol. The van der Waals surface area contributed by atoms with Crippen molar-refractivity contribution in [1.29, 1.82) is 0 Å². The van der Waals surface area contributed by atoms with Crippen LogP contribution in [0.4, 0.5) is 13.2 Å². The predicted octanol–water partition coefficient (Wildman–Crippen LogP) is 1.64. The third kappa shape index (κ3) is 3.21. The Bertz CT molecular complexity index is 519. The lowest BCUT2D eigenvalue weighted by Gasteiger charge is -2.09. The first kappa shape index (κ1) is 14.9. The number of ether oxygens (including phenoxy) is 2. The molecule has 0 aromatic carbocycles. The summed E-state index contributed by atoms with van der Waals surface area (Å²) in [6, 6.07) is 0. The molecule has 0 atom stereocenters. The van der Waals surface area contributed by atoms with E-state index in [1.807, 2.05) is 0 Å². The Kier molecular flexibility index (Phi) is 4.85. The molecule has 0 fully saturated rings. The van der Waals surface area contributed by atoms with Gasteiger partial charge in [0.1, 0.15) is 12.0 Å². The summed E-state index contributed by atoms with van der Waals surface area (Å²) in [5, 5.41) is 0. The van der Waals surface area contributed by atoms with Crippen molar-refractivity contribution in [2.75, 3.05) is 13.7 Å². The zero-order valence-electron chi connectivity index (χ0n) is 10.1. The van der Waals surface area contributed by atoms with Crippen LogP contribution in [0.5, 0.6) is 5.75 Å². The molecule has 0 amide bonds. The van der Waals surface area contributed by atoms with Crippen LogP contribution in [0.25, 0.3) is 0 Å². The number of Topliss-reactive ketones (excluding diaryl/α,β-unsaturated/α-hetero) is 1. The second-order valence-corrected chi connectivity index (χ2v) is 3.32. The number of carbonyl (C=O) groups is 2. The van der Waals surface area contributed by atoms with Crippen LogP contribution in [0.2, 0.25) is 0 Å². The van der Waals surface area contributed by atoms with E-state index in [-0.39, 0.29) is 6.61 Å². The van der Waals surface area contributed by atoms with E-state index < -0.39 is 47.2 Å². The minimum absolute atomic E-state index is 0.0295. The molecule has 0 radical (unpaired) electrons. The lowest BCUT2D eigenvalue weighted by molar-refractivity contribution is -0.141. The number of nitrogens with zero attached hydrogens (tertiary/aromatic N) is 1. The van der Waals surface area contributed by atoms with Gasteiger partial charge in [-0.15, -0.1) is 0 Å². The van der Waals surface area contributed by atoms with Gasteiger partial charge in [0.25, 0.3) is 5.95 Å². The van der Waals surface area contributed by atoms with Gasteiger partial charge >= 0.3 is 5.97 Å². The van der Waals surface area contributed by atoms with E-state index in [1.165, 1.54) is 6.92 Å². The molecule has 0 N–H and O–H groups in total. The minimum atomic E-state index is -1.73. The van der Waals surface area contributed by atoms with Crippen LogP contribution in [0.15, 0.2) is 0 Å². The van der Waals surface area contributed by atoms with Crippen molar-refractivity contribution in [3.05, 3.63) is 23.3 Å². The van der Waals surface area contributed by atoms with Crippen molar-refractivity contribution in [3.8, 4) is 5.75 Å². The smallest absolute Gasteiger partial charge is 0.313 e. The Morgan fingerprint density at radius 3 is 2.37 bits per heavy atom. The van der Waals surface area contributed by atoms with Crippen molar-refractivity contribution in [2.45, 2.75) is 13.3 Å². The largest absolute Gasteiger partial charge is 0.493 e. The van der Waals surface area contributed by atoms with E-state index in [1.54, 1.807) is 0 Å². The molecular formula is C11H10F3NO4. The Labute approximate surface area is 106 Å². The maximum absolute atomic E-state index is 13.4. The molecule has 0 bridgehead atoms. The molecule has 1 aromatic heterocycles. The lowest BCUT2D eigenvalue weighted by Crippen LogP contribution is -2.16. The molecule has 1 aromatic rings. The fourth-order valence-electron chi connectivity index (χ4n) is 1.35. The topological polar surface area (TPSA) is 65.5 Å². The number of rotatable bonds is 5. The maximum atomic E-state index is 13.4. The number of pyridine rings is 1. The third-order valence-electron chi connectivity index (χ3n) is 2.10. The maximum Gasteiger partial charge on any atom is 0.313 e. The van der Waals surface area contributed by atoms with Gasteiger partial charge in [-0.3, -0.25) is 9.59 Å². The van der Waals surface area contributed by atoms with Crippen LogP contribution in [-0.2, 0) is 9.53 Å². The number of hydrogen-bond donors (Lipinski definition) is 0. The highest BCUT2D eigenvalue weighted by Gasteiger charge is 2.27. The highest BCUT2D eigenvalue weighted by atomic mass is 19.2. The van der Waals surface area contributed by atoms with E-state index in [4.69, 9.17) is 0 Å². The van der Waals surface area contributed by atoms with Gasteiger partial charge in [0, 0.05) is 0 Å². The molecule has 0 aliphatic carbocycles. The first-order chi connectivity index (χ1) is 8.92. The second kappa shape index (κ2) is 6.17. The van der Waals surface area contributed by atoms with Crippen LogP contribution < -0.4 is 4.74 Å². The number of aromatic nitrogens is 1. The summed E-state index contributed by atoms with van der Waals surface area (Å²) in [6.45, 7) is 1.55. The lowest BCUT2D eigenvalue weighted by atomic mass is 10.1. The number of ketones is 1. The molecule has 8 heteroatoms. The number of halogens is 3. The minimum Gasteiger partial charge on any atom is -0.493 e. The van der Waals surface area contributed by atoms with Gasteiger partial charge in [-0.25, -0.2) is 0 Å². The van der Waals surface area contributed by atoms with Crippen LogP contribution in [-0.4, -0.2) is 30.5 Å². The number of carbonyl (C=O) groups excluding carboxylic acids is 2. The van der Waals surface area contributed by atoms with Crippen LogP contribution >= 0.6 is 0 Å². The van der Waals surface area contributed by atoms with Gasteiger partial charge in [-0.1, -0.05) is 0 Å². The fraction of sp³-hybridized carbons (Fsp3) is 0.364. The molecule has 0 saturated heterocycles. The van der Waals surface area contributed by atoms with Crippen molar-refractivity contribution in [3.63, 3.8) is 0 Å². The summed E-state index contributed by atoms with van der Waals surface area (Å²) in [5.41, 5.74) is -0.922. The normalized spacial score (nSPS) is 10.2. The Balaban J connectivity index is 3.16. The standard InChI is InChI=1S/C11H10F3NO4/c1-3-19-6(17)4-5(16)7-9(18-2)8(12)11(14)15-10(7)13/h3-4H2,1-2H3. The van der Waals surface area contributed by atoms with Crippen LogP contribution in [0.1, 0.15) is 23.7 Å². The summed E-state index contributed by atoms with van der Waals surface area (Å²) in [4.78, 5) is 25.3. The summed E-state index contributed by atoms with van der Waals surface area (Å²) in [6.07, 6.45) is -0.826. The molecule has 5 nitrogen and oxygen atoms in total. The van der Waals surface area contributed by atoms with Gasteiger partial charge in [0.05, 0.1) is 13.7 Å². The monoisotopic (exact) mass is 277 g/mol. The highest BCUT2D eigenvalue weighted by Crippen LogP contribution is 2.27. The summed E-state index contributed by atoms with van der Waals surface area (Å²) < 4.78 is 48.5. The number of hydrogen-bond acceptors (Lipinski definition) is 5. The quantitative estimate of drug-likeness (QED) is 0.354. The highest BCUT2D eigenvalue weighted by molar-refractivity contribution is 6.07. The molecule has 1 heterocycles. The molecule has 19 heavy (non-hydrogen) atoms. The molecular weight excluding hydrogens is 267 g/mol. The fourth-order valence-corrected chi connectivity index (χ4v) is 1.35. The van der Waals surface area contributed by atoms with Gasteiger partial charge in [-0.2, -0.15) is 18.2 Å². The van der Waals surface area contributed by atoms with E-state index in [2.05, 4.69) is 14.5 Å². The first-order valence-electron chi connectivity index (χ1n) is 5.19. The number of esters is 1. The molecule has 0 spiro atoms. The first-order valence-corrected chi connectivity index (χ1v) is 5.19.